The number of carboxylic acid groups (broad SMARTS) is 1. The SMILES string of the molecule is NC(=O)[C@H](CCC(=O)O)N1Cc2cc(Cn3ncc4c(-c5ncc(C(F)(F)F)cc5Cl)c(F)c(N5CC(F)C5)nc43)ccc2C1=O. The Morgan fingerprint density at radius 3 is 2.54 bits per heavy atom. The van der Waals surface area contributed by atoms with Gasteiger partial charge in [0.15, 0.2) is 17.3 Å². The summed E-state index contributed by atoms with van der Waals surface area (Å²) in [5.74, 6) is -3.65. The lowest BCUT2D eigenvalue weighted by Gasteiger charge is -2.35. The number of pyridine rings is 2. The summed E-state index contributed by atoms with van der Waals surface area (Å²) in [5.41, 5.74) is 5.42. The van der Waals surface area contributed by atoms with E-state index in [1.54, 1.807) is 18.2 Å². The van der Waals surface area contributed by atoms with Gasteiger partial charge in [-0.2, -0.15) is 18.3 Å². The van der Waals surface area contributed by atoms with Gasteiger partial charge in [-0.25, -0.2) is 18.4 Å². The highest BCUT2D eigenvalue weighted by Gasteiger charge is 2.37. The fourth-order valence-corrected chi connectivity index (χ4v) is 5.88. The molecule has 0 saturated carbocycles. The molecule has 5 heterocycles. The summed E-state index contributed by atoms with van der Waals surface area (Å²) in [6.07, 6.45) is -4.65. The fourth-order valence-electron chi connectivity index (χ4n) is 5.62. The highest BCUT2D eigenvalue weighted by molar-refractivity contribution is 6.33. The number of fused-ring (bicyclic) bond motifs is 2. The molecular formula is C29H23ClF5N7O4. The molecule has 2 aliphatic heterocycles. The minimum absolute atomic E-state index is 0.00426. The Kier molecular flexibility index (Phi) is 7.78. The molecule has 1 aromatic carbocycles. The Labute approximate surface area is 261 Å². The first-order valence-electron chi connectivity index (χ1n) is 13.8. The second-order valence-corrected chi connectivity index (χ2v) is 11.4. The van der Waals surface area contributed by atoms with Gasteiger partial charge in [-0.1, -0.05) is 23.7 Å². The number of amides is 2. The molecule has 2 aliphatic rings. The normalized spacial score (nSPS) is 15.7. The van der Waals surface area contributed by atoms with Gasteiger partial charge in [0.2, 0.25) is 5.91 Å². The number of benzene rings is 1. The van der Waals surface area contributed by atoms with Crippen LogP contribution in [0.5, 0.6) is 0 Å². The standard InChI is InChI=1S/C29H23ClF5N7O4/c30-19-6-15(29(33,34)35)7-37-24(19)22-18-8-38-42(26(18)39-27(23(22)32)40-11-16(31)12-40)9-13-1-2-17-14(5-13)10-41(28(17)46)20(25(36)45)3-4-21(43)44/h1-2,5-8,16,20H,3-4,9-12H2,(H2,36,45)(H,43,44)/t20-/m0/s1. The van der Waals surface area contributed by atoms with Crippen molar-refractivity contribution in [1.82, 2.24) is 24.6 Å². The van der Waals surface area contributed by atoms with Crippen LogP contribution in [0.1, 0.15) is 39.9 Å². The van der Waals surface area contributed by atoms with E-state index in [2.05, 4.69) is 15.1 Å². The molecule has 46 heavy (non-hydrogen) atoms. The van der Waals surface area contributed by atoms with Crippen molar-refractivity contribution in [2.24, 2.45) is 5.73 Å². The van der Waals surface area contributed by atoms with Crippen molar-refractivity contribution >= 4 is 46.2 Å². The third-order valence-corrected chi connectivity index (χ3v) is 8.21. The Balaban J connectivity index is 1.37. The lowest BCUT2D eigenvalue weighted by atomic mass is 10.1. The highest BCUT2D eigenvalue weighted by Crippen LogP contribution is 2.40. The second kappa shape index (κ2) is 11.5. The predicted octanol–water partition coefficient (Wildman–Crippen LogP) is 4.19. The summed E-state index contributed by atoms with van der Waals surface area (Å²) in [6.45, 7) is -0.248. The van der Waals surface area contributed by atoms with Crippen molar-refractivity contribution in [3.63, 3.8) is 0 Å². The van der Waals surface area contributed by atoms with E-state index in [0.29, 0.717) is 29.0 Å². The predicted molar refractivity (Wildman–Crippen MR) is 153 cm³/mol. The molecule has 6 rings (SSSR count). The Morgan fingerprint density at radius 1 is 1.17 bits per heavy atom. The number of aliphatic carboxylic acids is 1. The van der Waals surface area contributed by atoms with Crippen LogP contribution in [0, 0.1) is 5.82 Å². The van der Waals surface area contributed by atoms with Crippen LogP contribution in [-0.4, -0.2) is 72.8 Å². The van der Waals surface area contributed by atoms with Crippen molar-refractivity contribution in [3.05, 3.63) is 69.8 Å². The smallest absolute Gasteiger partial charge is 0.417 e. The first-order valence-corrected chi connectivity index (χ1v) is 14.2. The molecule has 240 valence electrons. The van der Waals surface area contributed by atoms with Gasteiger partial charge in [0.05, 0.1) is 53.1 Å². The number of carbonyl (C=O) groups excluding carboxylic acids is 2. The topological polar surface area (TPSA) is 148 Å². The average molecular weight is 664 g/mol. The fraction of sp³-hybridized carbons (Fsp3) is 0.310. The Bertz CT molecular complexity index is 1910. The van der Waals surface area contributed by atoms with Gasteiger partial charge in [-0.05, 0) is 29.7 Å². The molecule has 1 fully saturated rings. The van der Waals surface area contributed by atoms with Gasteiger partial charge in [-0.3, -0.25) is 19.4 Å². The van der Waals surface area contributed by atoms with Crippen LogP contribution in [0.3, 0.4) is 0 Å². The number of carbonyl (C=O) groups is 3. The van der Waals surface area contributed by atoms with Crippen LogP contribution < -0.4 is 10.6 Å². The van der Waals surface area contributed by atoms with Crippen LogP contribution in [0.2, 0.25) is 5.02 Å². The van der Waals surface area contributed by atoms with Crippen molar-refractivity contribution in [2.45, 2.75) is 44.3 Å². The van der Waals surface area contributed by atoms with Crippen molar-refractivity contribution < 1.29 is 41.4 Å². The van der Waals surface area contributed by atoms with E-state index in [4.69, 9.17) is 22.4 Å². The lowest BCUT2D eigenvalue weighted by Crippen LogP contribution is -2.49. The summed E-state index contributed by atoms with van der Waals surface area (Å²) >= 11 is 6.20. The van der Waals surface area contributed by atoms with Gasteiger partial charge >= 0.3 is 12.1 Å². The number of hydrogen-bond donors (Lipinski definition) is 2. The molecule has 17 heteroatoms. The zero-order chi connectivity index (χ0) is 33.1. The maximum absolute atomic E-state index is 16.0. The number of carboxylic acids is 1. The van der Waals surface area contributed by atoms with Gasteiger partial charge in [-0.15, -0.1) is 0 Å². The minimum Gasteiger partial charge on any atom is -0.481 e. The van der Waals surface area contributed by atoms with Gasteiger partial charge in [0.25, 0.3) is 5.91 Å². The molecule has 1 atom stereocenters. The summed E-state index contributed by atoms with van der Waals surface area (Å²) in [4.78, 5) is 47.0. The largest absolute Gasteiger partial charge is 0.481 e. The molecule has 11 nitrogen and oxygen atoms in total. The molecule has 2 amide bonds. The minimum atomic E-state index is -4.73. The van der Waals surface area contributed by atoms with E-state index in [1.165, 1.54) is 20.7 Å². The molecule has 0 unspecified atom stereocenters. The van der Waals surface area contributed by atoms with Crippen LogP contribution in [0.4, 0.5) is 27.8 Å². The molecule has 0 spiro atoms. The molecule has 3 N–H and O–H groups in total. The van der Waals surface area contributed by atoms with Gasteiger partial charge in [0.1, 0.15) is 12.2 Å². The summed E-state index contributed by atoms with van der Waals surface area (Å²) < 4.78 is 71.0. The Morgan fingerprint density at radius 2 is 1.91 bits per heavy atom. The average Bonchev–Trinajstić information content (AvgIpc) is 3.50. The van der Waals surface area contributed by atoms with E-state index in [-0.39, 0.29) is 67.1 Å². The third kappa shape index (κ3) is 5.57. The van der Waals surface area contributed by atoms with Crippen molar-refractivity contribution in [3.8, 4) is 11.3 Å². The molecule has 4 aromatic rings. The van der Waals surface area contributed by atoms with E-state index in [0.717, 1.165) is 0 Å². The first kappa shape index (κ1) is 31.1. The van der Waals surface area contributed by atoms with Crippen LogP contribution in [-0.2, 0) is 28.9 Å². The zero-order valence-corrected chi connectivity index (χ0v) is 24.3. The maximum atomic E-state index is 16.0. The molecular weight excluding hydrogens is 641 g/mol. The Hall–Kier alpha value is -4.86. The molecule has 0 bridgehead atoms. The number of rotatable bonds is 9. The summed E-state index contributed by atoms with van der Waals surface area (Å²) in [7, 11) is 0. The monoisotopic (exact) mass is 663 g/mol. The number of halogens is 6. The number of nitrogens with two attached hydrogens (primary N) is 1. The maximum Gasteiger partial charge on any atom is 0.417 e. The van der Waals surface area contributed by atoms with Gasteiger partial charge in [0, 0.05) is 24.7 Å². The van der Waals surface area contributed by atoms with E-state index < -0.39 is 52.6 Å². The van der Waals surface area contributed by atoms with Crippen molar-refractivity contribution in [2.75, 3.05) is 18.0 Å². The molecule has 1 saturated heterocycles. The number of primary amides is 1. The molecule has 0 aliphatic carbocycles. The first-order chi connectivity index (χ1) is 21.7. The second-order valence-electron chi connectivity index (χ2n) is 11.0. The number of hydrogen-bond acceptors (Lipinski definition) is 7. The summed E-state index contributed by atoms with van der Waals surface area (Å²) in [6, 6.07) is 4.39. The zero-order valence-electron chi connectivity index (χ0n) is 23.6. The van der Waals surface area contributed by atoms with Crippen LogP contribution >= 0.6 is 11.6 Å². The van der Waals surface area contributed by atoms with Crippen molar-refractivity contribution in [1.29, 1.82) is 0 Å². The number of aromatic nitrogens is 4. The highest BCUT2D eigenvalue weighted by atomic mass is 35.5. The summed E-state index contributed by atoms with van der Waals surface area (Å²) in [5, 5.41) is 13.0. The molecule has 3 aromatic heterocycles. The lowest BCUT2D eigenvalue weighted by molar-refractivity contribution is -0.138. The third-order valence-electron chi connectivity index (χ3n) is 7.92. The van der Waals surface area contributed by atoms with E-state index >= 15 is 4.39 Å². The van der Waals surface area contributed by atoms with E-state index in [1.807, 2.05) is 0 Å². The van der Waals surface area contributed by atoms with Gasteiger partial charge < -0.3 is 20.6 Å². The number of alkyl halides is 4. The van der Waals surface area contributed by atoms with Crippen LogP contribution in [0.25, 0.3) is 22.3 Å². The quantitative estimate of drug-likeness (QED) is 0.254. The number of anilines is 1. The number of nitrogens with zero attached hydrogens (tertiary/aromatic N) is 6. The van der Waals surface area contributed by atoms with Crippen LogP contribution in [0.15, 0.2) is 36.7 Å². The molecule has 0 radical (unpaired) electrons. The van der Waals surface area contributed by atoms with E-state index in [9.17, 15) is 31.9 Å².